The molecule has 1 aliphatic heterocycles. The lowest BCUT2D eigenvalue weighted by Crippen LogP contribution is -2.30. The number of nitro benzene ring substituents is 1. The molecule has 2 heterocycles. The highest BCUT2D eigenvalue weighted by molar-refractivity contribution is 6.01. The minimum absolute atomic E-state index is 0.00387. The molecule has 0 atom stereocenters. The molecule has 3 rings (SSSR count). The van der Waals surface area contributed by atoms with E-state index in [9.17, 15) is 20.2 Å². The van der Waals surface area contributed by atoms with E-state index >= 15 is 0 Å². The third-order valence-corrected chi connectivity index (χ3v) is 5.47. The molecule has 1 aromatic heterocycles. The first-order valence-corrected chi connectivity index (χ1v) is 9.94. The third-order valence-electron chi connectivity index (χ3n) is 5.47. The quantitative estimate of drug-likeness (QED) is 0.353. The van der Waals surface area contributed by atoms with Gasteiger partial charge in [0.2, 0.25) is 0 Å². The molecule has 1 N–H and O–H groups in total. The number of anilines is 1. The summed E-state index contributed by atoms with van der Waals surface area (Å²) in [5.74, 6) is -0.455. The molecule has 0 radical (unpaired) electrons. The van der Waals surface area contributed by atoms with E-state index < -0.39 is 5.91 Å². The lowest BCUT2D eigenvalue weighted by Gasteiger charge is -2.28. The van der Waals surface area contributed by atoms with Crippen LogP contribution in [-0.2, 0) is 4.79 Å². The first-order valence-electron chi connectivity index (χ1n) is 9.94. The van der Waals surface area contributed by atoms with E-state index in [4.69, 9.17) is 0 Å². The maximum absolute atomic E-state index is 11.8. The van der Waals surface area contributed by atoms with Crippen molar-refractivity contribution in [1.29, 1.82) is 5.26 Å². The van der Waals surface area contributed by atoms with E-state index in [2.05, 4.69) is 10.2 Å². The van der Waals surface area contributed by atoms with Crippen LogP contribution in [0.5, 0.6) is 0 Å². The number of nitrogens with one attached hydrogen (secondary N) is 1. The number of likely N-dealkylation sites (N-methyl/N-ethyl adjacent to an activating group) is 1. The maximum Gasteiger partial charge on any atom is 0.294 e. The number of hydrogen-bond acceptors (Lipinski definition) is 5. The normalized spacial score (nSPS) is 14.3. The van der Waals surface area contributed by atoms with Gasteiger partial charge in [-0.25, -0.2) is 0 Å². The van der Waals surface area contributed by atoms with Gasteiger partial charge in [0, 0.05) is 37.6 Å². The molecule has 1 aliphatic rings. The fourth-order valence-electron chi connectivity index (χ4n) is 3.97. The molecule has 1 saturated heterocycles. The molecular weight excluding hydrogens is 382 g/mol. The highest BCUT2D eigenvalue weighted by Gasteiger charge is 2.23. The Morgan fingerprint density at radius 3 is 2.53 bits per heavy atom. The van der Waals surface area contributed by atoms with Crippen LogP contribution in [0.15, 0.2) is 29.8 Å². The Morgan fingerprint density at radius 2 is 1.93 bits per heavy atom. The highest BCUT2D eigenvalue weighted by atomic mass is 16.6. The predicted molar refractivity (Wildman–Crippen MR) is 116 cm³/mol. The summed E-state index contributed by atoms with van der Waals surface area (Å²) in [6.07, 6.45) is 4.77. The molecular formula is C22H25N5O3. The molecule has 1 aromatic carbocycles. The zero-order valence-corrected chi connectivity index (χ0v) is 17.4. The van der Waals surface area contributed by atoms with Crippen LogP contribution in [0, 0.1) is 35.3 Å². The zero-order valence-electron chi connectivity index (χ0n) is 17.4. The number of nitrogens with zero attached hydrogens (tertiary/aromatic N) is 4. The Morgan fingerprint density at radius 1 is 1.23 bits per heavy atom. The van der Waals surface area contributed by atoms with Crippen molar-refractivity contribution in [2.75, 3.05) is 25.0 Å². The molecule has 1 amide bonds. The van der Waals surface area contributed by atoms with Gasteiger partial charge in [-0.15, -0.1) is 0 Å². The number of nitriles is 1. The molecule has 1 fully saturated rings. The first kappa shape index (κ1) is 21.1. The Bertz CT molecular complexity index is 1060. The highest BCUT2D eigenvalue weighted by Crippen LogP contribution is 2.34. The van der Waals surface area contributed by atoms with E-state index in [-0.39, 0.29) is 16.2 Å². The van der Waals surface area contributed by atoms with Gasteiger partial charge in [0.15, 0.2) is 0 Å². The Labute approximate surface area is 175 Å². The topological polar surface area (TPSA) is 104 Å². The van der Waals surface area contributed by atoms with Gasteiger partial charge in [-0.05, 0) is 62.9 Å². The number of carbonyl (C=O) groups is 1. The monoisotopic (exact) mass is 407 g/mol. The van der Waals surface area contributed by atoms with Crippen LogP contribution in [0.3, 0.4) is 0 Å². The number of benzene rings is 1. The summed E-state index contributed by atoms with van der Waals surface area (Å²) in [6, 6.07) is 9.07. The van der Waals surface area contributed by atoms with Gasteiger partial charge in [-0.2, -0.15) is 5.26 Å². The number of piperidine rings is 1. The van der Waals surface area contributed by atoms with E-state index in [0.29, 0.717) is 11.4 Å². The summed E-state index contributed by atoms with van der Waals surface area (Å²) in [5.41, 5.74) is 3.78. The van der Waals surface area contributed by atoms with Gasteiger partial charge in [0.05, 0.1) is 10.6 Å². The van der Waals surface area contributed by atoms with Gasteiger partial charge in [0.1, 0.15) is 17.3 Å². The average molecular weight is 407 g/mol. The first-order chi connectivity index (χ1) is 14.4. The van der Waals surface area contributed by atoms with Crippen molar-refractivity contribution >= 4 is 23.4 Å². The van der Waals surface area contributed by atoms with Crippen molar-refractivity contribution in [3.8, 4) is 11.8 Å². The molecule has 8 nitrogen and oxygen atoms in total. The van der Waals surface area contributed by atoms with E-state index in [1.165, 1.54) is 13.1 Å². The van der Waals surface area contributed by atoms with Crippen molar-refractivity contribution in [3.05, 3.63) is 56.9 Å². The van der Waals surface area contributed by atoms with Crippen molar-refractivity contribution in [2.45, 2.75) is 33.1 Å². The van der Waals surface area contributed by atoms with Crippen molar-refractivity contribution in [2.24, 2.45) is 0 Å². The van der Waals surface area contributed by atoms with Crippen molar-refractivity contribution in [1.82, 2.24) is 9.88 Å². The van der Waals surface area contributed by atoms with Gasteiger partial charge < -0.3 is 14.8 Å². The number of rotatable bonds is 5. The van der Waals surface area contributed by atoms with Crippen molar-refractivity contribution in [3.63, 3.8) is 0 Å². The summed E-state index contributed by atoms with van der Waals surface area (Å²) in [5, 5.41) is 23.5. The van der Waals surface area contributed by atoms with Crippen molar-refractivity contribution < 1.29 is 9.72 Å². The minimum atomic E-state index is -0.455. The molecule has 2 aromatic rings. The average Bonchev–Trinajstić information content (AvgIpc) is 3.04. The Kier molecular flexibility index (Phi) is 6.21. The van der Waals surface area contributed by atoms with Gasteiger partial charge in [-0.1, -0.05) is 0 Å². The van der Waals surface area contributed by atoms with Crippen LogP contribution in [0.4, 0.5) is 11.4 Å². The number of aryl methyl sites for hydroxylation is 1. The van der Waals surface area contributed by atoms with Crippen LogP contribution in [0.25, 0.3) is 11.8 Å². The fourth-order valence-corrected chi connectivity index (χ4v) is 3.97. The van der Waals surface area contributed by atoms with Crippen LogP contribution in [-0.4, -0.2) is 35.5 Å². The second-order valence-electron chi connectivity index (χ2n) is 7.39. The number of aromatic nitrogens is 1. The molecule has 0 unspecified atom stereocenters. The summed E-state index contributed by atoms with van der Waals surface area (Å²) >= 11 is 0. The Balaban J connectivity index is 2.06. The largest absolute Gasteiger partial charge is 0.366 e. The second-order valence-corrected chi connectivity index (χ2v) is 7.39. The molecule has 0 bridgehead atoms. The molecule has 156 valence electrons. The van der Waals surface area contributed by atoms with Gasteiger partial charge in [-0.3, -0.25) is 14.9 Å². The number of nitro groups is 1. The van der Waals surface area contributed by atoms with Crippen LogP contribution in [0.1, 0.15) is 36.2 Å². The second kappa shape index (κ2) is 8.82. The smallest absolute Gasteiger partial charge is 0.294 e. The summed E-state index contributed by atoms with van der Waals surface area (Å²) in [6.45, 7) is 5.41. The number of amides is 1. The summed E-state index contributed by atoms with van der Waals surface area (Å²) in [4.78, 5) is 25.4. The molecule has 8 heteroatoms. The SMILES string of the molecule is CNC(=O)/C(C#N)=C\c1cc(C)n(-c2ccc(N3CCCCC3)c([N+](=O)[O-])c2)c1C. The van der Waals surface area contributed by atoms with Crippen LogP contribution in [0.2, 0.25) is 0 Å². The lowest BCUT2D eigenvalue weighted by atomic mass is 10.1. The lowest BCUT2D eigenvalue weighted by molar-refractivity contribution is -0.384. The summed E-state index contributed by atoms with van der Waals surface area (Å²) in [7, 11) is 1.47. The Hall–Kier alpha value is -3.60. The molecule has 0 spiro atoms. The molecule has 0 saturated carbocycles. The zero-order chi connectivity index (χ0) is 21.8. The fraction of sp³-hybridized carbons (Fsp3) is 0.364. The van der Waals surface area contributed by atoms with E-state index in [1.807, 2.05) is 42.7 Å². The van der Waals surface area contributed by atoms with Crippen LogP contribution < -0.4 is 10.2 Å². The van der Waals surface area contributed by atoms with E-state index in [1.54, 1.807) is 6.07 Å². The predicted octanol–water partition coefficient (Wildman–Crippen LogP) is 3.65. The number of hydrogen-bond donors (Lipinski definition) is 1. The van der Waals surface area contributed by atoms with Gasteiger partial charge in [0.25, 0.3) is 11.6 Å². The standard InChI is InChI=1S/C22H25N5O3/c1-15-11-17(12-18(14-23)22(28)24-3)16(2)26(15)19-7-8-20(21(13-19)27(29)30)25-9-5-4-6-10-25/h7-8,11-13H,4-6,9-10H2,1-3H3,(H,24,28)/b18-12-. The number of carbonyl (C=O) groups excluding carboxylic acids is 1. The minimum Gasteiger partial charge on any atom is -0.366 e. The maximum atomic E-state index is 11.8. The van der Waals surface area contributed by atoms with Crippen LogP contribution >= 0.6 is 0 Å². The molecule has 30 heavy (non-hydrogen) atoms. The van der Waals surface area contributed by atoms with Gasteiger partial charge >= 0.3 is 0 Å². The third kappa shape index (κ3) is 4.06. The van der Waals surface area contributed by atoms with E-state index in [0.717, 1.165) is 49.3 Å². The molecule has 0 aliphatic carbocycles. The summed E-state index contributed by atoms with van der Waals surface area (Å²) < 4.78 is 1.90.